The van der Waals surface area contributed by atoms with Crippen LogP contribution in [0.1, 0.15) is 5.56 Å². The Morgan fingerprint density at radius 1 is 1.46 bits per heavy atom. The van der Waals surface area contributed by atoms with E-state index in [9.17, 15) is 5.11 Å². The standard InChI is InChI=1S/C10H8INO/c1-6-5-8(11)7-3-2-4-12-9(7)10(6)13/h2-5,13H,1H3. The van der Waals surface area contributed by atoms with Crippen LogP contribution in [-0.4, -0.2) is 10.1 Å². The van der Waals surface area contributed by atoms with Gasteiger partial charge in [-0.15, -0.1) is 0 Å². The second-order valence-electron chi connectivity index (χ2n) is 2.92. The van der Waals surface area contributed by atoms with Gasteiger partial charge in [-0.05, 0) is 47.2 Å². The Hall–Kier alpha value is -0.840. The van der Waals surface area contributed by atoms with Crippen LogP contribution in [0.5, 0.6) is 5.75 Å². The Labute approximate surface area is 89.8 Å². The molecule has 0 aliphatic carbocycles. The zero-order valence-corrected chi connectivity index (χ0v) is 9.24. The zero-order valence-electron chi connectivity index (χ0n) is 7.08. The minimum absolute atomic E-state index is 0.288. The van der Waals surface area contributed by atoms with Crippen LogP contribution in [0.4, 0.5) is 0 Å². The first kappa shape index (κ1) is 8.74. The summed E-state index contributed by atoms with van der Waals surface area (Å²) in [5, 5.41) is 10.7. The van der Waals surface area contributed by atoms with Crippen molar-refractivity contribution in [2.24, 2.45) is 0 Å². The minimum atomic E-state index is 0.288. The number of hydrogen-bond donors (Lipinski definition) is 1. The van der Waals surface area contributed by atoms with Crippen molar-refractivity contribution in [1.29, 1.82) is 0 Å². The lowest BCUT2D eigenvalue weighted by molar-refractivity contribution is 0.476. The van der Waals surface area contributed by atoms with E-state index in [1.807, 2.05) is 25.1 Å². The van der Waals surface area contributed by atoms with E-state index in [1.54, 1.807) is 6.20 Å². The topological polar surface area (TPSA) is 33.1 Å². The monoisotopic (exact) mass is 285 g/mol. The molecule has 0 saturated carbocycles. The molecule has 13 heavy (non-hydrogen) atoms. The summed E-state index contributed by atoms with van der Waals surface area (Å²) in [6.45, 7) is 1.88. The van der Waals surface area contributed by atoms with Crippen molar-refractivity contribution in [2.45, 2.75) is 6.92 Å². The van der Waals surface area contributed by atoms with Gasteiger partial charge in [0.2, 0.25) is 0 Å². The number of aryl methyl sites for hydroxylation is 1. The van der Waals surface area contributed by atoms with E-state index in [0.717, 1.165) is 14.5 Å². The van der Waals surface area contributed by atoms with Crippen LogP contribution in [0, 0.1) is 10.5 Å². The lowest BCUT2D eigenvalue weighted by Crippen LogP contribution is -1.85. The van der Waals surface area contributed by atoms with Crippen LogP contribution in [-0.2, 0) is 0 Å². The molecular weight excluding hydrogens is 277 g/mol. The molecule has 66 valence electrons. The molecule has 0 aliphatic heterocycles. The first-order chi connectivity index (χ1) is 6.20. The van der Waals surface area contributed by atoms with Crippen LogP contribution < -0.4 is 0 Å². The molecule has 2 rings (SSSR count). The third-order valence-corrected chi connectivity index (χ3v) is 2.90. The van der Waals surface area contributed by atoms with Crippen LogP contribution >= 0.6 is 22.6 Å². The van der Waals surface area contributed by atoms with Gasteiger partial charge in [-0.3, -0.25) is 4.98 Å². The molecule has 2 aromatic rings. The third-order valence-electron chi connectivity index (χ3n) is 2.01. The Kier molecular flexibility index (Phi) is 2.11. The van der Waals surface area contributed by atoms with Gasteiger partial charge < -0.3 is 5.11 Å². The number of phenolic OH excluding ortho intramolecular Hbond substituents is 1. The predicted molar refractivity (Wildman–Crippen MR) is 60.9 cm³/mol. The fourth-order valence-corrected chi connectivity index (χ4v) is 2.21. The molecule has 1 aromatic heterocycles. The Balaban J connectivity index is 2.97. The van der Waals surface area contributed by atoms with E-state index in [1.165, 1.54) is 0 Å². The molecule has 1 N–H and O–H groups in total. The molecular formula is C10H8INO. The normalized spacial score (nSPS) is 10.6. The van der Waals surface area contributed by atoms with Gasteiger partial charge in [0.15, 0.2) is 0 Å². The highest BCUT2D eigenvalue weighted by molar-refractivity contribution is 14.1. The SMILES string of the molecule is Cc1cc(I)c2cccnc2c1O. The molecule has 0 unspecified atom stereocenters. The highest BCUT2D eigenvalue weighted by atomic mass is 127. The fraction of sp³-hybridized carbons (Fsp3) is 0.100. The highest BCUT2D eigenvalue weighted by Crippen LogP contribution is 2.29. The Bertz CT molecular complexity index is 468. The van der Waals surface area contributed by atoms with E-state index in [4.69, 9.17) is 0 Å². The highest BCUT2D eigenvalue weighted by Gasteiger charge is 2.06. The largest absolute Gasteiger partial charge is 0.505 e. The second-order valence-corrected chi connectivity index (χ2v) is 4.09. The quantitative estimate of drug-likeness (QED) is 0.755. The average molecular weight is 285 g/mol. The lowest BCUT2D eigenvalue weighted by atomic mass is 10.1. The molecule has 2 nitrogen and oxygen atoms in total. The second kappa shape index (κ2) is 3.14. The zero-order chi connectivity index (χ0) is 9.42. The summed E-state index contributed by atoms with van der Waals surface area (Å²) >= 11 is 2.25. The van der Waals surface area contributed by atoms with Crippen molar-refractivity contribution in [3.8, 4) is 5.75 Å². The van der Waals surface area contributed by atoms with E-state index < -0.39 is 0 Å². The smallest absolute Gasteiger partial charge is 0.144 e. The molecule has 0 spiro atoms. The van der Waals surface area contributed by atoms with Gasteiger partial charge in [0.05, 0.1) is 0 Å². The number of aromatic nitrogens is 1. The average Bonchev–Trinajstić information content (AvgIpc) is 2.15. The van der Waals surface area contributed by atoms with Crippen molar-refractivity contribution >= 4 is 33.5 Å². The summed E-state index contributed by atoms with van der Waals surface area (Å²) in [6.07, 6.45) is 1.69. The maximum absolute atomic E-state index is 9.72. The van der Waals surface area contributed by atoms with Gasteiger partial charge in [-0.2, -0.15) is 0 Å². The summed E-state index contributed by atoms with van der Waals surface area (Å²) in [4.78, 5) is 4.15. The van der Waals surface area contributed by atoms with Crippen molar-refractivity contribution in [1.82, 2.24) is 4.98 Å². The van der Waals surface area contributed by atoms with Crippen LogP contribution in [0.2, 0.25) is 0 Å². The van der Waals surface area contributed by atoms with Crippen LogP contribution in [0.15, 0.2) is 24.4 Å². The van der Waals surface area contributed by atoms with Gasteiger partial charge in [-0.1, -0.05) is 6.07 Å². The van der Waals surface area contributed by atoms with Crippen molar-refractivity contribution < 1.29 is 5.11 Å². The van der Waals surface area contributed by atoms with E-state index >= 15 is 0 Å². The first-order valence-electron chi connectivity index (χ1n) is 3.93. The van der Waals surface area contributed by atoms with Crippen LogP contribution in [0.25, 0.3) is 10.9 Å². The van der Waals surface area contributed by atoms with Crippen molar-refractivity contribution in [2.75, 3.05) is 0 Å². The maximum Gasteiger partial charge on any atom is 0.144 e. The molecule has 0 saturated heterocycles. The molecule has 0 bridgehead atoms. The number of aromatic hydroxyl groups is 1. The van der Waals surface area contributed by atoms with E-state index in [2.05, 4.69) is 27.6 Å². The number of halogens is 1. The van der Waals surface area contributed by atoms with Gasteiger partial charge in [-0.25, -0.2) is 0 Å². The molecule has 0 atom stereocenters. The van der Waals surface area contributed by atoms with Gasteiger partial charge in [0.25, 0.3) is 0 Å². The summed E-state index contributed by atoms with van der Waals surface area (Å²) in [7, 11) is 0. The molecule has 0 fully saturated rings. The van der Waals surface area contributed by atoms with Crippen molar-refractivity contribution in [3.63, 3.8) is 0 Å². The summed E-state index contributed by atoms with van der Waals surface area (Å²) in [6, 6.07) is 5.79. The number of benzene rings is 1. The third kappa shape index (κ3) is 1.37. The van der Waals surface area contributed by atoms with Gasteiger partial charge >= 0.3 is 0 Å². The van der Waals surface area contributed by atoms with Gasteiger partial charge in [0, 0.05) is 15.2 Å². The van der Waals surface area contributed by atoms with E-state index in [0.29, 0.717) is 5.52 Å². The van der Waals surface area contributed by atoms with E-state index in [-0.39, 0.29) is 5.75 Å². The molecule has 0 radical (unpaired) electrons. The molecule has 0 amide bonds. The first-order valence-corrected chi connectivity index (χ1v) is 5.01. The lowest BCUT2D eigenvalue weighted by Gasteiger charge is -2.04. The van der Waals surface area contributed by atoms with Crippen LogP contribution in [0.3, 0.4) is 0 Å². The summed E-state index contributed by atoms with van der Waals surface area (Å²) in [5.41, 5.74) is 1.56. The molecule has 1 aromatic carbocycles. The fourth-order valence-electron chi connectivity index (χ4n) is 1.31. The molecule has 3 heteroatoms. The molecule has 0 aliphatic rings. The molecule has 1 heterocycles. The number of fused-ring (bicyclic) bond motifs is 1. The summed E-state index contributed by atoms with van der Waals surface area (Å²) < 4.78 is 1.12. The number of phenols is 1. The number of rotatable bonds is 0. The Morgan fingerprint density at radius 3 is 3.00 bits per heavy atom. The number of hydrogen-bond acceptors (Lipinski definition) is 2. The minimum Gasteiger partial charge on any atom is -0.505 e. The van der Waals surface area contributed by atoms with Crippen molar-refractivity contribution in [3.05, 3.63) is 33.5 Å². The van der Waals surface area contributed by atoms with Gasteiger partial charge in [0.1, 0.15) is 11.3 Å². The number of nitrogens with zero attached hydrogens (tertiary/aromatic N) is 1. The number of pyridine rings is 1. The maximum atomic E-state index is 9.72. The Morgan fingerprint density at radius 2 is 2.23 bits per heavy atom. The predicted octanol–water partition coefficient (Wildman–Crippen LogP) is 2.85. The summed E-state index contributed by atoms with van der Waals surface area (Å²) in [5.74, 6) is 0.288.